The lowest BCUT2D eigenvalue weighted by Gasteiger charge is -2.27. The van der Waals surface area contributed by atoms with Gasteiger partial charge >= 0.3 is 11.9 Å². The SMILES string of the molecule is CC(NC(=O)C(N)CCC(=O)O)(C(=O)O)C1CC1. The van der Waals surface area contributed by atoms with Crippen molar-refractivity contribution < 1.29 is 24.6 Å². The topological polar surface area (TPSA) is 130 Å². The second kappa shape index (κ2) is 5.34. The standard InChI is InChI=1S/C11H18N2O5/c1-11(10(17)18,6-2-3-6)13-9(16)7(12)4-5-8(14)15/h6-7H,2-5,12H2,1H3,(H,13,16)(H,14,15)(H,17,18). The molecule has 1 saturated carbocycles. The van der Waals surface area contributed by atoms with Crippen molar-refractivity contribution >= 4 is 17.8 Å². The molecule has 0 aromatic heterocycles. The molecule has 7 nitrogen and oxygen atoms in total. The minimum Gasteiger partial charge on any atom is -0.481 e. The van der Waals surface area contributed by atoms with Crippen LogP contribution in [0.5, 0.6) is 0 Å². The Morgan fingerprint density at radius 3 is 2.33 bits per heavy atom. The Morgan fingerprint density at radius 1 is 1.39 bits per heavy atom. The molecule has 18 heavy (non-hydrogen) atoms. The largest absolute Gasteiger partial charge is 0.481 e. The van der Waals surface area contributed by atoms with Crippen LogP contribution in [0.15, 0.2) is 0 Å². The summed E-state index contributed by atoms with van der Waals surface area (Å²) in [5, 5.41) is 20.0. The fraction of sp³-hybridized carbons (Fsp3) is 0.727. The van der Waals surface area contributed by atoms with Gasteiger partial charge < -0.3 is 21.3 Å². The molecule has 7 heteroatoms. The molecule has 102 valence electrons. The van der Waals surface area contributed by atoms with Gasteiger partial charge in [-0.3, -0.25) is 9.59 Å². The number of carboxylic acid groups (broad SMARTS) is 2. The van der Waals surface area contributed by atoms with Crippen molar-refractivity contribution in [1.29, 1.82) is 0 Å². The zero-order chi connectivity index (χ0) is 13.9. The van der Waals surface area contributed by atoms with Gasteiger partial charge in [0.15, 0.2) is 0 Å². The molecule has 1 rings (SSSR count). The molecular weight excluding hydrogens is 240 g/mol. The molecule has 1 aliphatic carbocycles. The normalized spacial score (nSPS) is 19.7. The monoisotopic (exact) mass is 258 g/mol. The summed E-state index contributed by atoms with van der Waals surface area (Å²) in [5.74, 6) is -2.83. The van der Waals surface area contributed by atoms with Crippen molar-refractivity contribution in [2.24, 2.45) is 11.7 Å². The fourth-order valence-corrected chi connectivity index (χ4v) is 1.75. The first-order valence-corrected chi connectivity index (χ1v) is 5.80. The predicted octanol–water partition coefficient (Wildman–Crippen LogP) is -0.452. The number of carbonyl (C=O) groups excluding carboxylic acids is 1. The number of rotatable bonds is 7. The van der Waals surface area contributed by atoms with E-state index in [9.17, 15) is 14.4 Å². The summed E-state index contributed by atoms with van der Waals surface area (Å²) in [5.41, 5.74) is 4.22. The molecule has 5 N–H and O–H groups in total. The zero-order valence-electron chi connectivity index (χ0n) is 10.2. The van der Waals surface area contributed by atoms with E-state index in [0.717, 1.165) is 12.8 Å². The molecule has 0 radical (unpaired) electrons. The van der Waals surface area contributed by atoms with Gasteiger partial charge in [0.2, 0.25) is 5.91 Å². The molecule has 0 heterocycles. The maximum absolute atomic E-state index is 11.7. The first-order chi connectivity index (χ1) is 8.27. The Balaban J connectivity index is 2.56. The van der Waals surface area contributed by atoms with E-state index in [0.29, 0.717) is 0 Å². The lowest BCUT2D eigenvalue weighted by Crippen LogP contribution is -2.57. The van der Waals surface area contributed by atoms with Gasteiger partial charge in [0.25, 0.3) is 0 Å². The summed E-state index contributed by atoms with van der Waals surface area (Å²) in [6, 6.07) is -1.00. The van der Waals surface area contributed by atoms with Gasteiger partial charge in [0.1, 0.15) is 5.54 Å². The molecule has 1 aliphatic rings. The summed E-state index contributed by atoms with van der Waals surface area (Å²) in [6.07, 6.45) is 1.28. The summed E-state index contributed by atoms with van der Waals surface area (Å²) in [4.78, 5) is 33.2. The van der Waals surface area contributed by atoms with E-state index >= 15 is 0 Å². The van der Waals surface area contributed by atoms with Crippen molar-refractivity contribution in [2.75, 3.05) is 0 Å². The Morgan fingerprint density at radius 2 is 1.94 bits per heavy atom. The van der Waals surface area contributed by atoms with E-state index in [1.165, 1.54) is 6.92 Å². The van der Waals surface area contributed by atoms with E-state index in [-0.39, 0.29) is 18.8 Å². The maximum atomic E-state index is 11.7. The number of carboxylic acids is 2. The summed E-state index contributed by atoms with van der Waals surface area (Å²) >= 11 is 0. The smallest absolute Gasteiger partial charge is 0.329 e. The molecule has 0 bridgehead atoms. The third-order valence-corrected chi connectivity index (χ3v) is 3.23. The molecule has 2 atom stereocenters. The molecule has 1 fully saturated rings. The predicted molar refractivity (Wildman–Crippen MR) is 61.8 cm³/mol. The van der Waals surface area contributed by atoms with E-state index < -0.39 is 29.4 Å². The second-order valence-electron chi connectivity index (χ2n) is 4.81. The van der Waals surface area contributed by atoms with Crippen LogP contribution < -0.4 is 11.1 Å². The second-order valence-corrected chi connectivity index (χ2v) is 4.81. The van der Waals surface area contributed by atoms with E-state index in [1.807, 2.05) is 0 Å². The number of nitrogens with one attached hydrogen (secondary N) is 1. The van der Waals surface area contributed by atoms with Crippen molar-refractivity contribution in [3.63, 3.8) is 0 Å². The highest BCUT2D eigenvalue weighted by molar-refractivity contribution is 5.90. The van der Waals surface area contributed by atoms with Crippen molar-refractivity contribution in [2.45, 2.75) is 44.2 Å². The number of nitrogens with two attached hydrogens (primary N) is 1. The lowest BCUT2D eigenvalue weighted by atomic mass is 9.95. The van der Waals surface area contributed by atoms with Crippen LogP contribution in [-0.2, 0) is 14.4 Å². The van der Waals surface area contributed by atoms with E-state index in [1.54, 1.807) is 0 Å². The maximum Gasteiger partial charge on any atom is 0.329 e. The number of aliphatic carboxylic acids is 2. The van der Waals surface area contributed by atoms with Gasteiger partial charge in [0, 0.05) is 6.42 Å². The number of amides is 1. The van der Waals surface area contributed by atoms with Crippen molar-refractivity contribution in [1.82, 2.24) is 5.32 Å². The number of hydrogen-bond donors (Lipinski definition) is 4. The van der Waals surface area contributed by atoms with Gasteiger partial charge in [-0.05, 0) is 32.1 Å². The van der Waals surface area contributed by atoms with Gasteiger partial charge in [-0.25, -0.2) is 4.79 Å². The van der Waals surface area contributed by atoms with Gasteiger partial charge in [-0.1, -0.05) is 0 Å². The molecule has 0 aromatic rings. The quantitative estimate of drug-likeness (QED) is 0.489. The molecule has 0 saturated heterocycles. The first-order valence-electron chi connectivity index (χ1n) is 5.80. The van der Waals surface area contributed by atoms with Gasteiger partial charge in [0.05, 0.1) is 6.04 Å². The summed E-state index contributed by atoms with van der Waals surface area (Å²) in [7, 11) is 0. The van der Waals surface area contributed by atoms with Crippen molar-refractivity contribution in [3.8, 4) is 0 Å². The zero-order valence-corrected chi connectivity index (χ0v) is 10.2. The Labute approximate surface area is 104 Å². The van der Waals surface area contributed by atoms with Crippen LogP contribution in [0.4, 0.5) is 0 Å². The highest BCUT2D eigenvalue weighted by Crippen LogP contribution is 2.39. The molecule has 2 unspecified atom stereocenters. The van der Waals surface area contributed by atoms with E-state index in [4.69, 9.17) is 15.9 Å². The van der Waals surface area contributed by atoms with Crippen LogP contribution in [0, 0.1) is 5.92 Å². The molecule has 0 spiro atoms. The average Bonchev–Trinajstić information content (AvgIpc) is 3.08. The minimum atomic E-state index is -1.31. The Hall–Kier alpha value is -1.63. The summed E-state index contributed by atoms with van der Waals surface area (Å²) in [6.45, 7) is 1.45. The van der Waals surface area contributed by atoms with Crippen LogP contribution in [0.3, 0.4) is 0 Å². The first kappa shape index (κ1) is 14.4. The highest BCUT2D eigenvalue weighted by Gasteiger charge is 2.48. The third kappa shape index (κ3) is 3.43. The lowest BCUT2D eigenvalue weighted by molar-refractivity contribution is -0.148. The molecular formula is C11H18N2O5. The number of hydrogen-bond acceptors (Lipinski definition) is 4. The van der Waals surface area contributed by atoms with Crippen molar-refractivity contribution in [3.05, 3.63) is 0 Å². The van der Waals surface area contributed by atoms with Crippen LogP contribution >= 0.6 is 0 Å². The number of carbonyl (C=O) groups is 3. The van der Waals surface area contributed by atoms with Gasteiger partial charge in [-0.2, -0.15) is 0 Å². The Kier molecular flexibility index (Phi) is 4.28. The minimum absolute atomic E-state index is 0.0124. The highest BCUT2D eigenvalue weighted by atomic mass is 16.4. The Bertz CT molecular complexity index is 366. The average molecular weight is 258 g/mol. The van der Waals surface area contributed by atoms with E-state index in [2.05, 4.69) is 5.32 Å². The third-order valence-electron chi connectivity index (χ3n) is 3.23. The fourth-order valence-electron chi connectivity index (χ4n) is 1.75. The van der Waals surface area contributed by atoms with Crippen LogP contribution in [0.1, 0.15) is 32.6 Å². The molecule has 0 aromatic carbocycles. The van der Waals surface area contributed by atoms with Crippen LogP contribution in [0.25, 0.3) is 0 Å². The van der Waals surface area contributed by atoms with Crippen LogP contribution in [0.2, 0.25) is 0 Å². The molecule has 0 aliphatic heterocycles. The van der Waals surface area contributed by atoms with Crippen LogP contribution in [-0.4, -0.2) is 39.6 Å². The molecule has 1 amide bonds. The van der Waals surface area contributed by atoms with Gasteiger partial charge in [-0.15, -0.1) is 0 Å². The summed E-state index contributed by atoms with van der Waals surface area (Å²) < 4.78 is 0.